The second-order valence-electron chi connectivity index (χ2n) is 4.51. The predicted molar refractivity (Wildman–Crippen MR) is 60.9 cm³/mol. The van der Waals surface area contributed by atoms with E-state index in [-0.39, 0.29) is 5.60 Å². The summed E-state index contributed by atoms with van der Waals surface area (Å²) in [4.78, 5) is 2.40. The molecule has 1 rings (SSSR count). The van der Waals surface area contributed by atoms with Gasteiger partial charge in [0.25, 0.3) is 0 Å². The van der Waals surface area contributed by atoms with E-state index in [4.69, 9.17) is 16.3 Å². The number of allylic oxidation sites excluding steroid dienone is 1. The lowest BCUT2D eigenvalue weighted by atomic mass is 10.1. The van der Waals surface area contributed by atoms with Crippen molar-refractivity contribution in [1.82, 2.24) is 4.90 Å². The van der Waals surface area contributed by atoms with Crippen LogP contribution in [0.4, 0.5) is 0 Å². The fourth-order valence-corrected chi connectivity index (χ4v) is 2.14. The van der Waals surface area contributed by atoms with Gasteiger partial charge in [0.15, 0.2) is 0 Å². The average Bonchev–Trinajstić information content (AvgIpc) is 2.00. The van der Waals surface area contributed by atoms with Crippen molar-refractivity contribution in [2.75, 3.05) is 25.5 Å². The summed E-state index contributed by atoms with van der Waals surface area (Å²) in [6.45, 7) is 9.38. The fraction of sp³-hybridized carbons (Fsp3) is 0.818. The Kier molecular flexibility index (Phi) is 4.42. The molecule has 0 N–H and O–H groups in total. The van der Waals surface area contributed by atoms with E-state index in [9.17, 15) is 0 Å². The largest absolute Gasteiger partial charge is 0.370 e. The van der Waals surface area contributed by atoms with E-state index < -0.39 is 0 Å². The van der Waals surface area contributed by atoms with Crippen molar-refractivity contribution in [2.24, 2.45) is 0 Å². The molecule has 2 nitrogen and oxygen atoms in total. The van der Waals surface area contributed by atoms with Gasteiger partial charge < -0.3 is 4.74 Å². The molecule has 1 atom stereocenters. The number of hydrogen-bond acceptors (Lipinski definition) is 2. The van der Waals surface area contributed by atoms with Crippen LogP contribution in [0.15, 0.2) is 12.2 Å². The van der Waals surface area contributed by atoms with E-state index in [1.807, 2.05) is 6.08 Å². The van der Waals surface area contributed by atoms with Crippen molar-refractivity contribution < 1.29 is 4.74 Å². The Hall–Kier alpha value is -0.0500. The van der Waals surface area contributed by atoms with Crippen LogP contribution in [0.1, 0.15) is 20.8 Å². The van der Waals surface area contributed by atoms with Crippen LogP contribution in [0, 0.1) is 0 Å². The first-order valence-electron chi connectivity index (χ1n) is 5.14. The van der Waals surface area contributed by atoms with Gasteiger partial charge in [0.2, 0.25) is 0 Å². The minimum atomic E-state index is -0.0214. The Balaban J connectivity index is 2.42. The zero-order chi connectivity index (χ0) is 10.6. The summed E-state index contributed by atoms with van der Waals surface area (Å²) >= 11 is 5.57. The quantitative estimate of drug-likeness (QED) is 0.531. The van der Waals surface area contributed by atoms with Gasteiger partial charge in [0.05, 0.1) is 11.7 Å². The minimum Gasteiger partial charge on any atom is -0.370 e. The summed E-state index contributed by atoms with van der Waals surface area (Å²) in [5.74, 6) is 0.600. The predicted octanol–water partition coefficient (Wildman–Crippen LogP) is 2.28. The molecule has 1 fully saturated rings. The van der Waals surface area contributed by atoms with Crippen LogP contribution < -0.4 is 0 Å². The summed E-state index contributed by atoms with van der Waals surface area (Å²) in [5.41, 5.74) is -0.0214. The molecule has 0 saturated carbocycles. The normalized spacial score (nSPS) is 28.4. The summed E-state index contributed by atoms with van der Waals surface area (Å²) in [7, 11) is 0. The zero-order valence-electron chi connectivity index (χ0n) is 9.29. The first-order chi connectivity index (χ1) is 6.53. The maximum absolute atomic E-state index is 5.82. The average molecular weight is 218 g/mol. The molecule has 3 heteroatoms. The zero-order valence-corrected chi connectivity index (χ0v) is 10.0. The van der Waals surface area contributed by atoms with Gasteiger partial charge in [-0.25, -0.2) is 0 Å². The minimum absolute atomic E-state index is 0.0214. The highest BCUT2D eigenvalue weighted by atomic mass is 35.5. The molecule has 1 aliphatic rings. The number of alkyl halides is 1. The van der Waals surface area contributed by atoms with Gasteiger partial charge in [-0.3, -0.25) is 4.90 Å². The van der Waals surface area contributed by atoms with Gasteiger partial charge >= 0.3 is 0 Å². The van der Waals surface area contributed by atoms with E-state index in [2.05, 4.69) is 31.7 Å². The fourth-order valence-electron chi connectivity index (χ4n) is 2.01. The van der Waals surface area contributed by atoms with Gasteiger partial charge in [-0.15, -0.1) is 11.6 Å². The summed E-state index contributed by atoms with van der Waals surface area (Å²) in [5, 5.41) is 0. The SMILES string of the molecule is CC1CN(C/C=C/CCl)CC(C)(C)O1. The number of halogens is 1. The lowest BCUT2D eigenvalue weighted by Gasteiger charge is -2.41. The molecule has 0 radical (unpaired) electrons. The van der Waals surface area contributed by atoms with Gasteiger partial charge in [-0.2, -0.15) is 0 Å². The number of hydrogen-bond donors (Lipinski definition) is 0. The molecule has 14 heavy (non-hydrogen) atoms. The number of rotatable bonds is 3. The number of nitrogens with zero attached hydrogens (tertiary/aromatic N) is 1. The van der Waals surface area contributed by atoms with Crippen molar-refractivity contribution in [3.63, 3.8) is 0 Å². The molecule has 82 valence electrons. The molecule has 0 spiro atoms. The maximum Gasteiger partial charge on any atom is 0.0757 e. The third-order valence-corrected chi connectivity index (χ3v) is 2.44. The van der Waals surface area contributed by atoms with E-state index in [1.54, 1.807) is 0 Å². The molecule has 0 aromatic heterocycles. The van der Waals surface area contributed by atoms with Gasteiger partial charge in [0.1, 0.15) is 0 Å². The summed E-state index contributed by atoms with van der Waals surface area (Å²) in [6, 6.07) is 0. The molecule has 0 aromatic carbocycles. The van der Waals surface area contributed by atoms with Crippen LogP contribution >= 0.6 is 11.6 Å². The molecule has 0 aromatic rings. The monoisotopic (exact) mass is 217 g/mol. The first-order valence-corrected chi connectivity index (χ1v) is 5.68. The van der Waals surface area contributed by atoms with Crippen molar-refractivity contribution in [3.8, 4) is 0 Å². The van der Waals surface area contributed by atoms with Crippen molar-refractivity contribution >= 4 is 11.6 Å². The molecule has 0 aliphatic carbocycles. The lowest BCUT2D eigenvalue weighted by molar-refractivity contribution is -0.126. The summed E-state index contributed by atoms with van der Waals surface area (Å²) in [6.07, 6.45) is 4.44. The Morgan fingerprint density at radius 1 is 1.50 bits per heavy atom. The highest BCUT2D eigenvalue weighted by Gasteiger charge is 2.30. The topological polar surface area (TPSA) is 12.5 Å². The molecular formula is C11H20ClNO. The van der Waals surface area contributed by atoms with Crippen LogP contribution in [-0.2, 0) is 4.74 Å². The van der Waals surface area contributed by atoms with E-state index in [0.717, 1.165) is 19.6 Å². The van der Waals surface area contributed by atoms with Crippen LogP contribution in [-0.4, -0.2) is 42.1 Å². The standard InChI is InChI=1S/C11H20ClNO/c1-10-8-13(7-5-4-6-12)9-11(2,3)14-10/h4-5,10H,6-9H2,1-3H3/b5-4+. The lowest BCUT2D eigenvalue weighted by Crippen LogP contribution is -2.51. The van der Waals surface area contributed by atoms with Gasteiger partial charge in [-0.1, -0.05) is 12.2 Å². The van der Waals surface area contributed by atoms with Crippen molar-refractivity contribution in [3.05, 3.63) is 12.2 Å². The first kappa shape index (κ1) is 12.0. The van der Waals surface area contributed by atoms with E-state index in [1.165, 1.54) is 0 Å². The molecule has 1 saturated heterocycles. The number of morpholine rings is 1. The molecule has 1 unspecified atom stereocenters. The van der Waals surface area contributed by atoms with Crippen LogP contribution in [0.25, 0.3) is 0 Å². The molecule has 0 bridgehead atoms. The second kappa shape index (κ2) is 5.15. The Morgan fingerprint density at radius 2 is 2.21 bits per heavy atom. The highest BCUT2D eigenvalue weighted by Crippen LogP contribution is 2.20. The Morgan fingerprint density at radius 3 is 2.79 bits per heavy atom. The molecule has 1 heterocycles. The molecule has 1 aliphatic heterocycles. The highest BCUT2D eigenvalue weighted by molar-refractivity contribution is 6.18. The van der Waals surface area contributed by atoms with E-state index >= 15 is 0 Å². The third-order valence-electron chi connectivity index (χ3n) is 2.26. The molecular weight excluding hydrogens is 198 g/mol. The summed E-state index contributed by atoms with van der Waals surface area (Å²) < 4.78 is 5.82. The van der Waals surface area contributed by atoms with Crippen LogP contribution in [0.3, 0.4) is 0 Å². The van der Waals surface area contributed by atoms with Crippen molar-refractivity contribution in [2.45, 2.75) is 32.5 Å². The number of ether oxygens (including phenoxy) is 1. The van der Waals surface area contributed by atoms with Crippen molar-refractivity contribution in [1.29, 1.82) is 0 Å². The maximum atomic E-state index is 5.82. The Labute approximate surface area is 91.9 Å². The van der Waals surface area contributed by atoms with Crippen LogP contribution in [0.2, 0.25) is 0 Å². The van der Waals surface area contributed by atoms with Gasteiger partial charge in [0, 0.05) is 25.5 Å². The Bertz CT molecular complexity index is 203. The third kappa shape index (κ3) is 3.99. The van der Waals surface area contributed by atoms with Gasteiger partial charge in [-0.05, 0) is 20.8 Å². The van der Waals surface area contributed by atoms with E-state index in [0.29, 0.717) is 12.0 Å². The molecule has 0 amide bonds. The van der Waals surface area contributed by atoms with Crippen LogP contribution in [0.5, 0.6) is 0 Å². The smallest absolute Gasteiger partial charge is 0.0757 e. The second-order valence-corrected chi connectivity index (χ2v) is 4.82.